The lowest BCUT2D eigenvalue weighted by atomic mass is 10.1. The molecule has 0 aliphatic heterocycles. The lowest BCUT2D eigenvalue weighted by Crippen LogP contribution is -2.18. The fourth-order valence-electron chi connectivity index (χ4n) is 3.33. The molecule has 1 unspecified atom stereocenters. The van der Waals surface area contributed by atoms with Crippen molar-refractivity contribution in [1.82, 2.24) is 20.1 Å². The zero-order chi connectivity index (χ0) is 22.3. The number of hydrogen-bond acceptors (Lipinski definition) is 5. The van der Waals surface area contributed by atoms with Crippen LogP contribution >= 0.6 is 11.6 Å². The van der Waals surface area contributed by atoms with Gasteiger partial charge in [-0.1, -0.05) is 41.9 Å². The van der Waals surface area contributed by atoms with E-state index in [0.29, 0.717) is 29.7 Å². The highest BCUT2D eigenvalue weighted by molar-refractivity contribution is 6.30. The molecular weight excluding hydrogens is 424 g/mol. The van der Waals surface area contributed by atoms with E-state index in [-0.39, 0.29) is 6.04 Å². The van der Waals surface area contributed by atoms with Crippen molar-refractivity contribution >= 4 is 11.6 Å². The molecule has 32 heavy (non-hydrogen) atoms. The summed E-state index contributed by atoms with van der Waals surface area (Å²) >= 11 is 5.94. The third-order valence-electron chi connectivity index (χ3n) is 5.22. The monoisotopic (exact) mass is 448 g/mol. The summed E-state index contributed by atoms with van der Waals surface area (Å²) in [6.45, 7) is 3.30. The number of nitrogens with zero attached hydrogens (tertiary/aromatic N) is 3. The Morgan fingerprint density at radius 3 is 2.41 bits per heavy atom. The van der Waals surface area contributed by atoms with Gasteiger partial charge in [-0.25, -0.2) is 9.67 Å². The highest BCUT2D eigenvalue weighted by atomic mass is 35.5. The van der Waals surface area contributed by atoms with Crippen molar-refractivity contribution in [3.05, 3.63) is 101 Å². The van der Waals surface area contributed by atoms with Crippen LogP contribution in [0.2, 0.25) is 5.02 Å². The first-order valence-corrected chi connectivity index (χ1v) is 10.7. The summed E-state index contributed by atoms with van der Waals surface area (Å²) in [6, 6.07) is 22.1. The summed E-state index contributed by atoms with van der Waals surface area (Å²) in [5.41, 5.74) is 4.35. The van der Waals surface area contributed by atoms with Gasteiger partial charge in [-0.3, -0.25) is 0 Å². The van der Waals surface area contributed by atoms with Crippen LogP contribution in [0.4, 0.5) is 0 Å². The minimum absolute atomic E-state index is 0.187. The number of halogens is 1. The predicted octanol–water partition coefficient (Wildman–Crippen LogP) is 5.36. The molecule has 1 aromatic heterocycles. The smallest absolute Gasteiger partial charge is 0.161 e. The number of methoxy groups -OCH3 is 1. The van der Waals surface area contributed by atoms with Crippen LogP contribution in [0.15, 0.2) is 79.4 Å². The Morgan fingerprint density at radius 2 is 1.72 bits per heavy atom. The molecule has 164 valence electrons. The molecule has 3 aromatic carbocycles. The molecule has 0 spiro atoms. The van der Waals surface area contributed by atoms with Crippen LogP contribution in [-0.4, -0.2) is 21.9 Å². The topological polar surface area (TPSA) is 61.2 Å². The normalized spacial score (nSPS) is 11.8. The predicted molar refractivity (Wildman–Crippen MR) is 125 cm³/mol. The molecule has 4 aromatic rings. The van der Waals surface area contributed by atoms with Gasteiger partial charge in [-0.2, -0.15) is 5.10 Å². The SMILES string of the molecule is COc1cc(CNC(C)c2ccc(-n3cncn3)cc2)ccc1OCc1ccc(Cl)cc1. The summed E-state index contributed by atoms with van der Waals surface area (Å²) in [5, 5.41) is 8.43. The molecule has 4 rings (SSSR count). The van der Waals surface area contributed by atoms with Gasteiger partial charge < -0.3 is 14.8 Å². The molecule has 0 amide bonds. The van der Waals surface area contributed by atoms with E-state index < -0.39 is 0 Å². The minimum Gasteiger partial charge on any atom is -0.493 e. The Bertz CT molecular complexity index is 1130. The van der Waals surface area contributed by atoms with Crippen molar-refractivity contribution in [2.75, 3.05) is 7.11 Å². The van der Waals surface area contributed by atoms with Gasteiger partial charge in [-0.15, -0.1) is 0 Å². The third kappa shape index (κ3) is 5.46. The summed E-state index contributed by atoms with van der Waals surface area (Å²) < 4.78 is 13.2. The van der Waals surface area contributed by atoms with Crippen LogP contribution in [0.1, 0.15) is 29.7 Å². The van der Waals surface area contributed by atoms with Crippen molar-refractivity contribution in [1.29, 1.82) is 0 Å². The number of rotatable bonds is 9. The number of benzene rings is 3. The number of hydrogen-bond donors (Lipinski definition) is 1. The van der Waals surface area contributed by atoms with E-state index in [9.17, 15) is 0 Å². The Hall–Kier alpha value is -3.35. The first-order chi connectivity index (χ1) is 15.6. The number of nitrogens with one attached hydrogen (secondary N) is 1. The molecule has 7 heteroatoms. The van der Waals surface area contributed by atoms with Gasteiger partial charge in [-0.05, 0) is 60.0 Å². The molecular formula is C25H25ClN4O2. The summed E-state index contributed by atoms with van der Waals surface area (Å²) in [7, 11) is 1.65. The summed E-state index contributed by atoms with van der Waals surface area (Å²) in [5.74, 6) is 1.42. The molecule has 0 saturated heterocycles. The van der Waals surface area contributed by atoms with Gasteiger partial charge in [0.1, 0.15) is 19.3 Å². The lowest BCUT2D eigenvalue weighted by Gasteiger charge is -2.16. The Balaban J connectivity index is 1.35. The first kappa shape index (κ1) is 21.9. The minimum atomic E-state index is 0.187. The first-order valence-electron chi connectivity index (χ1n) is 10.3. The fourth-order valence-corrected chi connectivity index (χ4v) is 3.45. The largest absolute Gasteiger partial charge is 0.493 e. The van der Waals surface area contributed by atoms with E-state index in [4.69, 9.17) is 21.1 Å². The molecule has 0 aliphatic rings. The average Bonchev–Trinajstić information content (AvgIpc) is 3.37. The molecule has 0 radical (unpaired) electrons. The number of ether oxygens (including phenoxy) is 2. The lowest BCUT2D eigenvalue weighted by molar-refractivity contribution is 0.284. The van der Waals surface area contributed by atoms with Gasteiger partial charge in [0.25, 0.3) is 0 Å². The van der Waals surface area contributed by atoms with Crippen molar-refractivity contribution < 1.29 is 9.47 Å². The molecule has 0 aliphatic carbocycles. The van der Waals surface area contributed by atoms with E-state index in [0.717, 1.165) is 16.8 Å². The maximum absolute atomic E-state index is 5.95. The molecule has 1 N–H and O–H groups in total. The molecule has 0 bridgehead atoms. The Kier molecular flexibility index (Phi) is 7.04. The summed E-state index contributed by atoms with van der Waals surface area (Å²) in [4.78, 5) is 3.98. The van der Waals surface area contributed by atoms with Gasteiger partial charge in [0, 0.05) is 17.6 Å². The van der Waals surface area contributed by atoms with Crippen LogP contribution in [0.3, 0.4) is 0 Å². The fraction of sp³-hybridized carbons (Fsp3) is 0.200. The van der Waals surface area contributed by atoms with E-state index in [1.807, 2.05) is 54.6 Å². The van der Waals surface area contributed by atoms with Crippen LogP contribution in [0.5, 0.6) is 11.5 Å². The van der Waals surface area contributed by atoms with Crippen molar-refractivity contribution in [2.45, 2.75) is 26.1 Å². The van der Waals surface area contributed by atoms with E-state index in [1.165, 1.54) is 11.9 Å². The molecule has 1 atom stereocenters. The van der Waals surface area contributed by atoms with Crippen LogP contribution in [-0.2, 0) is 13.2 Å². The van der Waals surface area contributed by atoms with Gasteiger partial charge in [0.05, 0.1) is 12.8 Å². The standard InChI is InChI=1S/C25H25ClN4O2/c1-18(21-6-10-23(11-7-21)30-17-27-16-29-30)28-14-20-5-12-24(25(13-20)31-2)32-15-19-3-8-22(26)9-4-19/h3-13,16-18,28H,14-15H2,1-2H3. The van der Waals surface area contributed by atoms with E-state index in [2.05, 4.69) is 34.5 Å². The maximum Gasteiger partial charge on any atom is 0.161 e. The zero-order valence-electron chi connectivity index (χ0n) is 18.0. The Labute approximate surface area is 192 Å². The van der Waals surface area contributed by atoms with Crippen LogP contribution < -0.4 is 14.8 Å². The summed E-state index contributed by atoms with van der Waals surface area (Å²) in [6.07, 6.45) is 3.22. The van der Waals surface area contributed by atoms with Crippen LogP contribution in [0.25, 0.3) is 5.69 Å². The van der Waals surface area contributed by atoms with Gasteiger partial charge in [0.2, 0.25) is 0 Å². The van der Waals surface area contributed by atoms with Gasteiger partial charge in [0.15, 0.2) is 11.5 Å². The van der Waals surface area contributed by atoms with Crippen LogP contribution in [0, 0.1) is 0 Å². The van der Waals surface area contributed by atoms with Gasteiger partial charge >= 0.3 is 0 Å². The third-order valence-corrected chi connectivity index (χ3v) is 5.48. The number of aromatic nitrogens is 3. The van der Waals surface area contributed by atoms with Crippen molar-refractivity contribution in [3.8, 4) is 17.2 Å². The quantitative estimate of drug-likeness (QED) is 0.373. The zero-order valence-corrected chi connectivity index (χ0v) is 18.8. The molecule has 6 nitrogen and oxygen atoms in total. The maximum atomic E-state index is 5.95. The highest BCUT2D eigenvalue weighted by Crippen LogP contribution is 2.29. The van der Waals surface area contributed by atoms with E-state index >= 15 is 0 Å². The Morgan fingerprint density at radius 1 is 0.969 bits per heavy atom. The average molecular weight is 449 g/mol. The second-order valence-corrected chi connectivity index (χ2v) is 7.87. The van der Waals surface area contributed by atoms with E-state index in [1.54, 1.807) is 18.1 Å². The molecule has 0 saturated carbocycles. The van der Waals surface area contributed by atoms with Crippen molar-refractivity contribution in [3.63, 3.8) is 0 Å². The highest BCUT2D eigenvalue weighted by Gasteiger charge is 2.09. The molecule has 0 fully saturated rings. The molecule has 1 heterocycles. The second kappa shape index (κ2) is 10.3. The second-order valence-electron chi connectivity index (χ2n) is 7.43. The van der Waals surface area contributed by atoms with Crippen molar-refractivity contribution in [2.24, 2.45) is 0 Å².